The predicted octanol–water partition coefficient (Wildman–Crippen LogP) is 3.52. The Morgan fingerprint density at radius 2 is 1.50 bits per heavy atom. The summed E-state index contributed by atoms with van der Waals surface area (Å²) in [5, 5.41) is 0. The fourth-order valence-corrected chi connectivity index (χ4v) is 2.37. The van der Waals surface area contributed by atoms with E-state index in [4.69, 9.17) is 14.2 Å². The van der Waals surface area contributed by atoms with E-state index in [0.29, 0.717) is 19.1 Å². The van der Waals surface area contributed by atoms with Crippen LogP contribution in [0.2, 0.25) is 0 Å². The van der Waals surface area contributed by atoms with Crippen LogP contribution in [0.1, 0.15) is 23.3 Å². The van der Waals surface area contributed by atoms with Gasteiger partial charge in [-0.15, -0.1) is 0 Å². The summed E-state index contributed by atoms with van der Waals surface area (Å²) in [5.41, 5.74) is 2.29. The molecule has 3 nitrogen and oxygen atoms in total. The molecule has 0 unspecified atom stereocenters. The van der Waals surface area contributed by atoms with E-state index in [9.17, 15) is 0 Å². The second-order valence-electron chi connectivity index (χ2n) is 4.88. The van der Waals surface area contributed by atoms with Gasteiger partial charge in [0, 0.05) is 11.5 Å². The van der Waals surface area contributed by atoms with Crippen LogP contribution in [0, 0.1) is 0 Å². The normalized spacial score (nSPS) is 22.4. The summed E-state index contributed by atoms with van der Waals surface area (Å²) in [5.74, 6) is 1.15. The highest BCUT2D eigenvalue weighted by Crippen LogP contribution is 2.30. The Hall–Kier alpha value is -1.84. The van der Waals surface area contributed by atoms with Crippen LogP contribution in [0.4, 0.5) is 0 Å². The minimum atomic E-state index is -0.277. The quantitative estimate of drug-likeness (QED) is 0.854. The largest absolute Gasteiger partial charge is 0.497 e. The van der Waals surface area contributed by atoms with Crippen LogP contribution in [-0.4, -0.2) is 20.3 Å². The van der Waals surface area contributed by atoms with Crippen molar-refractivity contribution >= 4 is 0 Å². The van der Waals surface area contributed by atoms with E-state index in [0.717, 1.165) is 11.3 Å². The van der Waals surface area contributed by atoms with Gasteiger partial charge >= 0.3 is 0 Å². The molecular weight excluding hydrogens is 252 g/mol. The van der Waals surface area contributed by atoms with Gasteiger partial charge in [0.05, 0.1) is 20.3 Å². The molecule has 1 saturated heterocycles. The Balaban J connectivity index is 1.63. The Labute approximate surface area is 119 Å². The zero-order valence-electron chi connectivity index (χ0n) is 11.5. The second kappa shape index (κ2) is 6.07. The average molecular weight is 270 g/mol. The van der Waals surface area contributed by atoms with Gasteiger partial charge in [0.1, 0.15) is 5.75 Å². The van der Waals surface area contributed by atoms with E-state index in [1.165, 1.54) is 5.56 Å². The van der Waals surface area contributed by atoms with E-state index >= 15 is 0 Å². The molecule has 0 saturated carbocycles. The standard InChI is InChI=1S/C17H18O3/c1-18-16-9-7-14(8-10-16)17-19-11-15(12-20-17)13-5-3-2-4-6-13/h2-10,15,17H,11-12H2,1H3. The molecule has 104 valence electrons. The van der Waals surface area contributed by atoms with Gasteiger partial charge in [0.15, 0.2) is 6.29 Å². The molecule has 0 aliphatic carbocycles. The lowest BCUT2D eigenvalue weighted by Gasteiger charge is -2.30. The topological polar surface area (TPSA) is 27.7 Å². The first-order valence-corrected chi connectivity index (χ1v) is 6.79. The van der Waals surface area contributed by atoms with Gasteiger partial charge in [-0.25, -0.2) is 0 Å². The highest BCUT2D eigenvalue weighted by molar-refractivity contribution is 5.28. The van der Waals surface area contributed by atoms with Gasteiger partial charge < -0.3 is 14.2 Å². The molecule has 0 N–H and O–H groups in total. The van der Waals surface area contributed by atoms with Gasteiger partial charge in [0.2, 0.25) is 0 Å². The molecular formula is C17H18O3. The number of ether oxygens (including phenoxy) is 3. The molecule has 1 aliphatic heterocycles. The maximum atomic E-state index is 5.84. The van der Waals surface area contributed by atoms with Gasteiger partial charge in [-0.05, 0) is 17.7 Å². The minimum absolute atomic E-state index is 0.277. The van der Waals surface area contributed by atoms with Gasteiger partial charge in [-0.2, -0.15) is 0 Å². The monoisotopic (exact) mass is 270 g/mol. The molecule has 3 rings (SSSR count). The van der Waals surface area contributed by atoms with E-state index in [1.807, 2.05) is 42.5 Å². The first kappa shape index (κ1) is 13.2. The molecule has 0 radical (unpaired) electrons. The summed E-state index contributed by atoms with van der Waals surface area (Å²) >= 11 is 0. The molecule has 0 aromatic heterocycles. The van der Waals surface area contributed by atoms with Crippen molar-refractivity contribution in [2.45, 2.75) is 12.2 Å². The maximum absolute atomic E-state index is 5.84. The smallest absolute Gasteiger partial charge is 0.183 e. The third kappa shape index (κ3) is 2.84. The van der Waals surface area contributed by atoms with Crippen LogP contribution in [0.15, 0.2) is 54.6 Å². The van der Waals surface area contributed by atoms with Gasteiger partial charge in [-0.1, -0.05) is 42.5 Å². The highest BCUT2D eigenvalue weighted by atomic mass is 16.7. The number of hydrogen-bond acceptors (Lipinski definition) is 3. The molecule has 0 spiro atoms. The lowest BCUT2D eigenvalue weighted by atomic mass is 10.0. The van der Waals surface area contributed by atoms with Crippen LogP contribution in [-0.2, 0) is 9.47 Å². The molecule has 0 bridgehead atoms. The van der Waals surface area contributed by atoms with Crippen molar-refractivity contribution in [3.8, 4) is 5.75 Å². The van der Waals surface area contributed by atoms with Crippen molar-refractivity contribution in [3.05, 3.63) is 65.7 Å². The Kier molecular flexibility index (Phi) is 4.00. The summed E-state index contributed by atoms with van der Waals surface area (Å²) in [7, 11) is 1.66. The van der Waals surface area contributed by atoms with Crippen molar-refractivity contribution in [1.29, 1.82) is 0 Å². The SMILES string of the molecule is COc1ccc(C2OCC(c3ccccc3)CO2)cc1. The minimum Gasteiger partial charge on any atom is -0.497 e. The molecule has 2 aromatic rings. The Bertz CT molecular complexity index is 528. The summed E-state index contributed by atoms with van der Waals surface area (Å²) in [4.78, 5) is 0. The van der Waals surface area contributed by atoms with E-state index in [2.05, 4.69) is 12.1 Å². The predicted molar refractivity (Wildman–Crippen MR) is 76.8 cm³/mol. The van der Waals surface area contributed by atoms with Crippen molar-refractivity contribution in [3.63, 3.8) is 0 Å². The number of benzene rings is 2. The fraction of sp³-hybridized carbons (Fsp3) is 0.294. The zero-order chi connectivity index (χ0) is 13.8. The van der Waals surface area contributed by atoms with Gasteiger partial charge in [0.25, 0.3) is 0 Å². The number of rotatable bonds is 3. The molecule has 1 fully saturated rings. The Morgan fingerprint density at radius 1 is 0.850 bits per heavy atom. The van der Waals surface area contributed by atoms with Crippen LogP contribution in [0.5, 0.6) is 5.75 Å². The second-order valence-corrected chi connectivity index (χ2v) is 4.88. The average Bonchev–Trinajstić information content (AvgIpc) is 2.56. The maximum Gasteiger partial charge on any atom is 0.183 e. The third-order valence-corrected chi connectivity index (χ3v) is 3.56. The number of methoxy groups -OCH3 is 1. The lowest BCUT2D eigenvalue weighted by molar-refractivity contribution is -0.191. The number of hydrogen-bond donors (Lipinski definition) is 0. The molecule has 2 aromatic carbocycles. The van der Waals surface area contributed by atoms with Crippen molar-refractivity contribution in [1.82, 2.24) is 0 Å². The lowest BCUT2D eigenvalue weighted by Crippen LogP contribution is -2.25. The summed E-state index contributed by atoms with van der Waals surface area (Å²) in [6, 6.07) is 18.1. The van der Waals surface area contributed by atoms with Crippen molar-refractivity contribution in [2.24, 2.45) is 0 Å². The molecule has 0 atom stereocenters. The molecule has 0 amide bonds. The Morgan fingerprint density at radius 3 is 2.10 bits per heavy atom. The molecule has 3 heteroatoms. The van der Waals surface area contributed by atoms with E-state index in [1.54, 1.807) is 7.11 Å². The van der Waals surface area contributed by atoms with Crippen LogP contribution in [0.3, 0.4) is 0 Å². The van der Waals surface area contributed by atoms with Crippen LogP contribution < -0.4 is 4.74 Å². The molecule has 1 heterocycles. The first-order chi connectivity index (χ1) is 9.86. The van der Waals surface area contributed by atoms with Crippen molar-refractivity contribution < 1.29 is 14.2 Å². The highest BCUT2D eigenvalue weighted by Gasteiger charge is 2.24. The van der Waals surface area contributed by atoms with Gasteiger partial charge in [-0.3, -0.25) is 0 Å². The fourth-order valence-electron chi connectivity index (χ4n) is 2.37. The summed E-state index contributed by atoms with van der Waals surface area (Å²) < 4.78 is 16.8. The summed E-state index contributed by atoms with van der Waals surface area (Å²) in [6.07, 6.45) is -0.277. The van der Waals surface area contributed by atoms with Crippen LogP contribution >= 0.6 is 0 Å². The molecule has 20 heavy (non-hydrogen) atoms. The summed E-state index contributed by atoms with van der Waals surface area (Å²) in [6.45, 7) is 1.36. The first-order valence-electron chi connectivity index (χ1n) is 6.79. The van der Waals surface area contributed by atoms with E-state index < -0.39 is 0 Å². The third-order valence-electron chi connectivity index (χ3n) is 3.56. The van der Waals surface area contributed by atoms with Crippen LogP contribution in [0.25, 0.3) is 0 Å². The zero-order valence-corrected chi connectivity index (χ0v) is 11.5. The van der Waals surface area contributed by atoms with E-state index in [-0.39, 0.29) is 6.29 Å². The molecule has 1 aliphatic rings. The van der Waals surface area contributed by atoms with Crippen molar-refractivity contribution in [2.75, 3.05) is 20.3 Å².